The summed E-state index contributed by atoms with van der Waals surface area (Å²) in [5, 5.41) is 0.556. The summed E-state index contributed by atoms with van der Waals surface area (Å²) in [6.07, 6.45) is 1.61. The molecule has 1 aromatic carbocycles. The van der Waals surface area contributed by atoms with E-state index in [2.05, 4.69) is 4.99 Å². The normalized spacial score (nSPS) is 11.8. The molecule has 0 N–H and O–H groups in total. The van der Waals surface area contributed by atoms with Crippen LogP contribution in [0.5, 0.6) is 0 Å². The summed E-state index contributed by atoms with van der Waals surface area (Å²) in [5.74, 6) is -1.33. The third-order valence-corrected chi connectivity index (χ3v) is 5.63. The van der Waals surface area contributed by atoms with Crippen molar-refractivity contribution in [2.75, 3.05) is 20.3 Å². The standard InChI is InChI=1S/C25H23ClN4O5/c1-4-35-25(33)19-14-18-21(27-20-15(2)7-6-10-30(20)24(18)32)29(11-12-34-3)22(19)28-23(31)16-8-5-9-17(26)13-16/h5-10,13-14H,4,11-12H2,1-3H3. The summed E-state index contributed by atoms with van der Waals surface area (Å²) in [6, 6.07) is 11.3. The Labute approximate surface area is 205 Å². The number of esters is 1. The first-order chi connectivity index (χ1) is 16.8. The van der Waals surface area contributed by atoms with E-state index >= 15 is 0 Å². The molecule has 0 aliphatic carbocycles. The lowest BCUT2D eigenvalue weighted by molar-refractivity contribution is 0.0523. The molecule has 0 bridgehead atoms. The van der Waals surface area contributed by atoms with Crippen molar-refractivity contribution in [3.8, 4) is 0 Å². The van der Waals surface area contributed by atoms with Gasteiger partial charge < -0.3 is 14.0 Å². The maximum Gasteiger partial charge on any atom is 0.341 e. The molecule has 0 aliphatic rings. The minimum atomic E-state index is -0.716. The Balaban J connectivity index is 2.14. The van der Waals surface area contributed by atoms with Gasteiger partial charge in [-0.1, -0.05) is 23.7 Å². The molecule has 0 unspecified atom stereocenters. The lowest BCUT2D eigenvalue weighted by Gasteiger charge is -2.15. The number of fused-ring (bicyclic) bond motifs is 2. The molecule has 0 spiro atoms. The Morgan fingerprint density at radius 2 is 1.94 bits per heavy atom. The average Bonchev–Trinajstić information content (AvgIpc) is 2.84. The van der Waals surface area contributed by atoms with E-state index in [1.54, 1.807) is 42.0 Å². The van der Waals surface area contributed by atoms with Gasteiger partial charge in [-0.2, -0.15) is 4.99 Å². The third kappa shape index (κ3) is 4.73. The predicted octanol–water partition coefficient (Wildman–Crippen LogP) is 3.18. The number of methoxy groups -OCH3 is 1. The number of amides is 1. The van der Waals surface area contributed by atoms with E-state index in [4.69, 9.17) is 26.1 Å². The molecule has 3 aromatic heterocycles. The molecular weight excluding hydrogens is 472 g/mol. The van der Waals surface area contributed by atoms with Crippen LogP contribution in [0, 0.1) is 6.92 Å². The molecule has 9 nitrogen and oxygen atoms in total. The van der Waals surface area contributed by atoms with Crippen molar-refractivity contribution in [1.29, 1.82) is 0 Å². The minimum Gasteiger partial charge on any atom is -0.462 e. The smallest absolute Gasteiger partial charge is 0.341 e. The second kappa shape index (κ2) is 10.2. The highest BCUT2D eigenvalue weighted by Gasteiger charge is 2.20. The van der Waals surface area contributed by atoms with Crippen LogP contribution < -0.4 is 11.0 Å². The average molecular weight is 495 g/mol. The third-order valence-electron chi connectivity index (χ3n) is 5.40. The summed E-state index contributed by atoms with van der Waals surface area (Å²) in [4.78, 5) is 48.4. The van der Waals surface area contributed by atoms with Crippen LogP contribution in [0.4, 0.5) is 0 Å². The van der Waals surface area contributed by atoms with Gasteiger partial charge in [-0.05, 0) is 49.7 Å². The molecule has 0 aliphatic heterocycles. The second-order valence-corrected chi connectivity index (χ2v) is 8.15. The lowest BCUT2D eigenvalue weighted by atomic mass is 10.2. The van der Waals surface area contributed by atoms with Crippen LogP contribution in [-0.4, -0.2) is 46.2 Å². The Bertz CT molecular complexity index is 1590. The zero-order valence-electron chi connectivity index (χ0n) is 19.4. The van der Waals surface area contributed by atoms with Crippen molar-refractivity contribution in [3.63, 3.8) is 0 Å². The van der Waals surface area contributed by atoms with E-state index in [-0.39, 0.29) is 53.0 Å². The van der Waals surface area contributed by atoms with Gasteiger partial charge in [0, 0.05) is 30.4 Å². The summed E-state index contributed by atoms with van der Waals surface area (Å²) in [7, 11) is 1.52. The molecule has 0 fully saturated rings. The molecule has 4 aromatic rings. The molecule has 0 radical (unpaired) electrons. The number of nitrogens with zero attached hydrogens (tertiary/aromatic N) is 4. The number of aryl methyl sites for hydroxylation is 1. The van der Waals surface area contributed by atoms with E-state index in [0.717, 1.165) is 5.56 Å². The van der Waals surface area contributed by atoms with Gasteiger partial charge >= 0.3 is 5.97 Å². The molecule has 10 heteroatoms. The van der Waals surface area contributed by atoms with Crippen LogP contribution in [0.15, 0.2) is 58.4 Å². The highest BCUT2D eigenvalue weighted by molar-refractivity contribution is 6.31. The van der Waals surface area contributed by atoms with E-state index in [0.29, 0.717) is 10.7 Å². The zero-order chi connectivity index (χ0) is 25.1. The van der Waals surface area contributed by atoms with Gasteiger partial charge in [-0.3, -0.25) is 14.0 Å². The first kappa shape index (κ1) is 24.3. The highest BCUT2D eigenvalue weighted by Crippen LogP contribution is 2.15. The number of hydrogen-bond acceptors (Lipinski definition) is 6. The lowest BCUT2D eigenvalue weighted by Crippen LogP contribution is -2.33. The van der Waals surface area contributed by atoms with Gasteiger partial charge in [0.25, 0.3) is 11.5 Å². The van der Waals surface area contributed by atoms with Crippen molar-refractivity contribution in [2.24, 2.45) is 4.99 Å². The molecule has 0 saturated heterocycles. The summed E-state index contributed by atoms with van der Waals surface area (Å²) >= 11 is 6.04. The first-order valence-corrected chi connectivity index (χ1v) is 11.3. The zero-order valence-corrected chi connectivity index (χ0v) is 20.2. The summed E-state index contributed by atoms with van der Waals surface area (Å²) in [5.41, 5.74) is 1.37. The minimum absolute atomic E-state index is 0.0165. The van der Waals surface area contributed by atoms with Crippen LogP contribution in [0.3, 0.4) is 0 Å². The van der Waals surface area contributed by atoms with Crippen LogP contribution in [0.1, 0.15) is 33.2 Å². The van der Waals surface area contributed by atoms with E-state index in [9.17, 15) is 14.4 Å². The molecule has 180 valence electrons. The number of rotatable bonds is 6. The number of aromatic nitrogens is 3. The molecule has 3 heterocycles. The van der Waals surface area contributed by atoms with Gasteiger partial charge in [0.15, 0.2) is 5.49 Å². The number of carbonyl (C=O) groups is 2. The molecule has 1 amide bonds. The van der Waals surface area contributed by atoms with E-state index < -0.39 is 11.9 Å². The first-order valence-electron chi connectivity index (χ1n) is 10.9. The number of pyridine rings is 2. The number of hydrogen-bond donors (Lipinski definition) is 0. The maximum atomic E-state index is 13.4. The Hall–Kier alpha value is -3.82. The number of benzene rings is 1. The van der Waals surface area contributed by atoms with E-state index in [1.165, 1.54) is 23.6 Å². The number of halogens is 1. The van der Waals surface area contributed by atoms with Crippen LogP contribution in [-0.2, 0) is 16.0 Å². The van der Waals surface area contributed by atoms with Crippen molar-refractivity contribution >= 4 is 40.2 Å². The summed E-state index contributed by atoms with van der Waals surface area (Å²) in [6.45, 7) is 4.00. The van der Waals surface area contributed by atoms with Crippen molar-refractivity contribution in [3.05, 3.63) is 86.2 Å². The topological polar surface area (TPSA) is 104 Å². The van der Waals surface area contributed by atoms with Gasteiger partial charge in [-0.25, -0.2) is 9.78 Å². The second-order valence-electron chi connectivity index (χ2n) is 7.71. The van der Waals surface area contributed by atoms with Crippen molar-refractivity contribution in [1.82, 2.24) is 14.0 Å². The van der Waals surface area contributed by atoms with E-state index in [1.807, 2.05) is 13.0 Å². The predicted molar refractivity (Wildman–Crippen MR) is 131 cm³/mol. The number of carbonyl (C=O) groups excluding carboxylic acids is 2. The SMILES string of the molecule is CCOC(=O)c1cc2c(=O)n3cccc(C)c3nc2n(CCOC)c1=NC(=O)c1cccc(Cl)c1. The Morgan fingerprint density at radius 3 is 2.66 bits per heavy atom. The number of ether oxygens (including phenoxy) is 2. The fourth-order valence-corrected chi connectivity index (χ4v) is 3.93. The maximum absolute atomic E-state index is 13.4. The molecular formula is C25H23ClN4O5. The fourth-order valence-electron chi connectivity index (χ4n) is 3.74. The highest BCUT2D eigenvalue weighted by atomic mass is 35.5. The molecule has 0 atom stereocenters. The van der Waals surface area contributed by atoms with Gasteiger partial charge in [0.2, 0.25) is 0 Å². The monoisotopic (exact) mass is 494 g/mol. The fraction of sp³-hybridized carbons (Fsp3) is 0.240. The van der Waals surface area contributed by atoms with Gasteiger partial charge in [0.1, 0.15) is 16.9 Å². The molecule has 4 rings (SSSR count). The quantitative estimate of drug-likeness (QED) is 0.301. The van der Waals surface area contributed by atoms with Crippen molar-refractivity contribution < 1.29 is 19.1 Å². The van der Waals surface area contributed by atoms with Gasteiger partial charge in [-0.15, -0.1) is 0 Å². The largest absolute Gasteiger partial charge is 0.462 e. The van der Waals surface area contributed by atoms with Crippen LogP contribution in [0.2, 0.25) is 5.02 Å². The Morgan fingerprint density at radius 1 is 1.14 bits per heavy atom. The van der Waals surface area contributed by atoms with Crippen molar-refractivity contribution in [2.45, 2.75) is 20.4 Å². The Kier molecular flexibility index (Phi) is 7.09. The van der Waals surface area contributed by atoms with Crippen LogP contribution in [0.25, 0.3) is 16.7 Å². The van der Waals surface area contributed by atoms with Gasteiger partial charge in [0.05, 0.1) is 18.6 Å². The molecule has 35 heavy (non-hydrogen) atoms. The molecule has 0 saturated carbocycles. The summed E-state index contributed by atoms with van der Waals surface area (Å²) < 4.78 is 13.4. The van der Waals surface area contributed by atoms with Crippen LogP contribution >= 0.6 is 11.6 Å².